The summed E-state index contributed by atoms with van der Waals surface area (Å²) < 4.78 is 34.5. The third-order valence-corrected chi connectivity index (χ3v) is 4.37. The molecule has 3 nitrogen and oxygen atoms in total. The highest BCUT2D eigenvalue weighted by Gasteiger charge is 2.41. The van der Waals surface area contributed by atoms with Gasteiger partial charge in [0.25, 0.3) is 5.92 Å². The highest BCUT2D eigenvalue weighted by molar-refractivity contribution is 6.83. The normalized spacial score (nSPS) is 13.5. The van der Waals surface area contributed by atoms with E-state index in [9.17, 15) is 13.6 Å². The number of rotatable bonds is 3. The Morgan fingerprint density at radius 1 is 1.27 bits per heavy atom. The number of halogens is 3. The van der Waals surface area contributed by atoms with Crippen LogP contribution in [0.15, 0.2) is 18.2 Å². The molecule has 1 aromatic carbocycles. The zero-order valence-electron chi connectivity index (χ0n) is 16.3. The van der Waals surface area contributed by atoms with Crippen molar-refractivity contribution in [3.05, 3.63) is 34.3 Å². The van der Waals surface area contributed by atoms with Gasteiger partial charge in [-0.2, -0.15) is 8.78 Å². The van der Waals surface area contributed by atoms with Crippen molar-refractivity contribution in [2.24, 2.45) is 0 Å². The third-order valence-electron chi connectivity index (χ3n) is 3.19. The van der Waals surface area contributed by atoms with Gasteiger partial charge in [0.15, 0.2) is 0 Å². The number of nitrogens with one attached hydrogen (secondary N) is 1. The van der Waals surface area contributed by atoms with Crippen LogP contribution in [-0.2, 0) is 10.7 Å². The molecule has 1 unspecified atom stereocenters. The van der Waals surface area contributed by atoms with Gasteiger partial charge in [-0.05, 0) is 39.8 Å². The minimum atomic E-state index is -3.36. The average Bonchev–Trinajstić information content (AvgIpc) is 2.41. The van der Waals surface area contributed by atoms with E-state index in [1.54, 1.807) is 20.8 Å². The molecule has 1 atom stereocenters. The maximum Gasteiger partial charge on any atom is 0.408 e. The Hall–Kier alpha value is -1.58. The predicted octanol–water partition coefficient (Wildman–Crippen LogP) is 5.57. The van der Waals surface area contributed by atoms with Crippen molar-refractivity contribution in [1.29, 1.82) is 0 Å². The molecular weight excluding hydrogens is 376 g/mol. The smallest absolute Gasteiger partial charge is 0.408 e. The maximum atomic E-state index is 14.7. The standard InChI is InChI=1S/C19H26ClF2NO2Si/c1-13(23-17(24)25-18(2,3)4)19(21,22)15-9-8-14(12-16(15)20)10-11-26(5,6)7/h8-9,12-13H,1-7H3,(H,23,24). The van der Waals surface area contributed by atoms with Crippen molar-refractivity contribution in [3.63, 3.8) is 0 Å². The molecule has 1 N–H and O–H groups in total. The van der Waals surface area contributed by atoms with Gasteiger partial charge in [-0.3, -0.25) is 0 Å². The summed E-state index contributed by atoms with van der Waals surface area (Å²) in [6.07, 6.45) is -0.904. The van der Waals surface area contributed by atoms with Gasteiger partial charge in [-0.25, -0.2) is 4.79 Å². The Kier molecular flexibility index (Phi) is 6.89. The van der Waals surface area contributed by atoms with E-state index in [4.69, 9.17) is 16.3 Å². The molecule has 0 aliphatic heterocycles. The number of hydrogen-bond acceptors (Lipinski definition) is 2. The van der Waals surface area contributed by atoms with Crippen molar-refractivity contribution >= 4 is 25.8 Å². The quantitative estimate of drug-likeness (QED) is 0.530. The van der Waals surface area contributed by atoms with E-state index in [0.717, 1.165) is 0 Å². The van der Waals surface area contributed by atoms with Crippen molar-refractivity contribution in [2.75, 3.05) is 0 Å². The van der Waals surface area contributed by atoms with Gasteiger partial charge in [0.05, 0.1) is 11.1 Å². The van der Waals surface area contributed by atoms with Gasteiger partial charge >= 0.3 is 6.09 Å². The minimum Gasteiger partial charge on any atom is -0.444 e. The molecule has 0 heterocycles. The fourth-order valence-corrected chi connectivity index (χ4v) is 2.76. The predicted molar refractivity (Wildman–Crippen MR) is 104 cm³/mol. The lowest BCUT2D eigenvalue weighted by Gasteiger charge is -2.27. The fourth-order valence-electron chi connectivity index (χ4n) is 1.93. The van der Waals surface area contributed by atoms with Gasteiger partial charge in [0, 0.05) is 11.1 Å². The first-order valence-corrected chi connectivity index (χ1v) is 12.2. The Labute approximate surface area is 160 Å². The Balaban J connectivity index is 3.01. The first-order chi connectivity index (χ1) is 11.6. The van der Waals surface area contributed by atoms with Gasteiger partial charge in [-0.1, -0.05) is 43.2 Å². The van der Waals surface area contributed by atoms with E-state index in [0.29, 0.717) is 5.56 Å². The van der Waals surface area contributed by atoms with E-state index in [1.165, 1.54) is 25.1 Å². The molecule has 1 aromatic rings. The monoisotopic (exact) mass is 401 g/mol. The molecule has 7 heteroatoms. The van der Waals surface area contributed by atoms with Crippen LogP contribution >= 0.6 is 11.6 Å². The summed E-state index contributed by atoms with van der Waals surface area (Å²) >= 11 is 6.07. The molecule has 0 spiro atoms. The van der Waals surface area contributed by atoms with Gasteiger partial charge in [0.1, 0.15) is 13.7 Å². The van der Waals surface area contributed by atoms with Gasteiger partial charge in [0.2, 0.25) is 0 Å². The van der Waals surface area contributed by atoms with Crippen LogP contribution in [0, 0.1) is 11.5 Å². The van der Waals surface area contributed by atoms with Gasteiger partial charge < -0.3 is 10.1 Å². The van der Waals surface area contributed by atoms with Crippen LogP contribution in [0.4, 0.5) is 13.6 Å². The number of benzene rings is 1. The summed E-state index contributed by atoms with van der Waals surface area (Å²) in [5.41, 5.74) is 2.62. The minimum absolute atomic E-state index is 0.0878. The van der Waals surface area contributed by atoms with Crippen LogP contribution in [0.1, 0.15) is 38.8 Å². The summed E-state index contributed by atoms with van der Waals surface area (Å²) in [7, 11) is -1.58. The summed E-state index contributed by atoms with van der Waals surface area (Å²) in [4.78, 5) is 11.8. The first kappa shape index (κ1) is 22.5. The molecule has 0 fully saturated rings. The highest BCUT2D eigenvalue weighted by atomic mass is 35.5. The van der Waals surface area contributed by atoms with Crippen LogP contribution in [0.5, 0.6) is 0 Å². The van der Waals surface area contributed by atoms with E-state index >= 15 is 0 Å². The van der Waals surface area contributed by atoms with Crippen LogP contribution in [0.3, 0.4) is 0 Å². The molecule has 0 aliphatic rings. The van der Waals surface area contributed by atoms with Gasteiger partial charge in [-0.15, -0.1) is 5.54 Å². The zero-order valence-corrected chi connectivity index (χ0v) is 18.0. The summed E-state index contributed by atoms with van der Waals surface area (Å²) in [5, 5.41) is 2.08. The molecule has 0 aromatic heterocycles. The van der Waals surface area contributed by atoms with E-state index in [-0.39, 0.29) is 10.6 Å². The Morgan fingerprint density at radius 3 is 2.31 bits per heavy atom. The lowest BCUT2D eigenvalue weighted by molar-refractivity contribution is -0.0410. The van der Waals surface area contributed by atoms with Crippen LogP contribution < -0.4 is 5.32 Å². The molecule has 0 bridgehead atoms. The number of carbonyl (C=O) groups excluding carboxylic acids is 1. The lowest BCUT2D eigenvalue weighted by Crippen LogP contribution is -2.46. The van der Waals surface area contributed by atoms with Crippen molar-refractivity contribution < 1.29 is 18.3 Å². The molecule has 0 saturated carbocycles. The Morgan fingerprint density at radius 2 is 1.85 bits per heavy atom. The topological polar surface area (TPSA) is 38.3 Å². The van der Waals surface area contributed by atoms with Crippen LogP contribution in [0.25, 0.3) is 0 Å². The van der Waals surface area contributed by atoms with Crippen molar-refractivity contribution in [1.82, 2.24) is 5.32 Å². The lowest BCUT2D eigenvalue weighted by atomic mass is 10.0. The van der Waals surface area contributed by atoms with E-state index in [2.05, 4.69) is 36.4 Å². The average molecular weight is 402 g/mol. The van der Waals surface area contributed by atoms with E-state index in [1.807, 2.05) is 0 Å². The molecule has 0 aliphatic carbocycles. The molecule has 26 heavy (non-hydrogen) atoms. The van der Waals surface area contributed by atoms with Crippen molar-refractivity contribution in [2.45, 2.75) is 64.9 Å². The summed E-state index contributed by atoms with van der Waals surface area (Å²) in [5.74, 6) is -0.378. The number of ether oxygens (including phenoxy) is 1. The number of alkyl halides is 2. The third kappa shape index (κ3) is 6.97. The van der Waals surface area contributed by atoms with E-state index < -0.39 is 31.7 Å². The number of hydrogen-bond donors (Lipinski definition) is 1. The molecule has 0 radical (unpaired) electrons. The second-order valence-corrected chi connectivity index (χ2v) is 13.3. The van der Waals surface area contributed by atoms with Crippen LogP contribution in [-0.4, -0.2) is 25.8 Å². The molecule has 1 amide bonds. The number of amides is 1. The number of carbonyl (C=O) groups is 1. The fraction of sp³-hybridized carbons (Fsp3) is 0.526. The zero-order chi connectivity index (χ0) is 20.3. The largest absolute Gasteiger partial charge is 0.444 e. The molecular formula is C19H26ClF2NO2Si. The second kappa shape index (κ2) is 7.97. The molecule has 0 saturated heterocycles. The summed E-state index contributed by atoms with van der Waals surface area (Å²) in [6, 6.07) is 2.71. The van der Waals surface area contributed by atoms with Crippen LogP contribution in [0.2, 0.25) is 24.7 Å². The van der Waals surface area contributed by atoms with Crippen molar-refractivity contribution in [3.8, 4) is 11.5 Å². The highest BCUT2D eigenvalue weighted by Crippen LogP contribution is 2.36. The first-order valence-electron chi connectivity index (χ1n) is 8.32. The number of alkyl carbamates (subject to hydrolysis) is 1. The summed E-state index contributed by atoms with van der Waals surface area (Å²) in [6.45, 7) is 12.5. The second-order valence-electron chi connectivity index (χ2n) is 8.19. The maximum absolute atomic E-state index is 14.7. The SMILES string of the molecule is CC(NC(=O)OC(C)(C)C)C(F)(F)c1ccc(C#C[Si](C)(C)C)cc1Cl. The molecule has 1 rings (SSSR count). The Bertz CT molecular complexity index is 728. The molecule has 144 valence electrons.